The monoisotopic (exact) mass is 430 g/mol. The van der Waals surface area contributed by atoms with Crippen LogP contribution in [0.4, 0.5) is 0 Å². The summed E-state index contributed by atoms with van der Waals surface area (Å²) in [4.78, 5) is 0. The fourth-order valence-electron chi connectivity index (χ4n) is 4.05. The first-order valence-corrected chi connectivity index (χ1v) is 11.2. The van der Waals surface area contributed by atoms with Gasteiger partial charge in [0.1, 0.15) is 0 Å². The Labute approximate surface area is 194 Å². The van der Waals surface area contributed by atoms with Crippen molar-refractivity contribution in [2.45, 2.75) is 83.1 Å². The average Bonchev–Trinajstić information content (AvgIpc) is 2.72. The third-order valence-corrected chi connectivity index (χ3v) is 6.04. The summed E-state index contributed by atoms with van der Waals surface area (Å²) in [6, 6.07) is 4.47. The normalized spacial score (nSPS) is 12.1. The van der Waals surface area contributed by atoms with Crippen molar-refractivity contribution in [1.82, 2.24) is 0 Å². The Morgan fingerprint density at radius 2 is 0.781 bits per heavy atom. The van der Waals surface area contributed by atoms with E-state index in [4.69, 9.17) is 0 Å². The molecule has 0 radical (unpaired) electrons. The fourth-order valence-corrected chi connectivity index (χ4v) is 4.05. The quantitative estimate of drug-likeness (QED) is 0.346. The molecule has 0 fully saturated rings. The molecule has 0 spiro atoms. The lowest BCUT2D eigenvalue weighted by Gasteiger charge is -2.23. The lowest BCUT2D eigenvalue weighted by atomic mass is 9.81. The molecule has 0 saturated heterocycles. The summed E-state index contributed by atoms with van der Waals surface area (Å²) >= 11 is 0. The first-order valence-electron chi connectivity index (χ1n) is 11.2. The molecule has 0 bridgehead atoms. The number of rotatable bonds is 5. The topological polar surface area (TPSA) is 49.4 Å². The van der Waals surface area contributed by atoms with Crippen LogP contribution in [0.1, 0.15) is 86.1 Å². The summed E-state index contributed by atoms with van der Waals surface area (Å²) in [6.45, 7) is 25.1. The number of hydrogen-bond donors (Lipinski definition) is 0. The fraction of sp³-hybridized carbons (Fsp3) is 0.429. The van der Waals surface area contributed by atoms with Crippen LogP contribution in [-0.2, 0) is 0 Å². The zero-order valence-corrected chi connectivity index (χ0v) is 21.9. The van der Waals surface area contributed by atoms with Crippen LogP contribution in [0.15, 0.2) is 32.5 Å². The van der Waals surface area contributed by atoms with E-state index >= 15 is 0 Å². The highest BCUT2D eigenvalue weighted by Crippen LogP contribution is 2.38. The predicted molar refractivity (Wildman–Crippen MR) is 142 cm³/mol. The first kappa shape index (κ1) is 25.4. The number of benzene rings is 2. The maximum absolute atomic E-state index is 4.48. The van der Waals surface area contributed by atoms with E-state index < -0.39 is 0 Å². The number of nitrogens with zero attached hydrogens (tertiary/aromatic N) is 4. The second-order valence-electron chi connectivity index (χ2n) is 9.20. The van der Waals surface area contributed by atoms with Crippen LogP contribution in [-0.4, -0.2) is 22.8 Å². The molecule has 0 N–H and O–H groups in total. The zero-order chi connectivity index (χ0) is 24.3. The van der Waals surface area contributed by atoms with Crippen molar-refractivity contribution in [2.24, 2.45) is 20.4 Å². The highest BCUT2D eigenvalue weighted by Gasteiger charge is 2.20. The average molecular weight is 431 g/mol. The Balaban J connectivity index is 2.92. The molecule has 0 unspecified atom stereocenters. The van der Waals surface area contributed by atoms with Gasteiger partial charge in [0, 0.05) is 22.6 Å². The molecule has 170 valence electrons. The Kier molecular flexibility index (Phi) is 8.06. The van der Waals surface area contributed by atoms with Crippen molar-refractivity contribution in [3.63, 3.8) is 0 Å². The van der Waals surface area contributed by atoms with Gasteiger partial charge in [0.25, 0.3) is 0 Å². The van der Waals surface area contributed by atoms with Gasteiger partial charge < -0.3 is 0 Å². The van der Waals surface area contributed by atoms with Gasteiger partial charge in [-0.3, -0.25) is 0 Å². The van der Waals surface area contributed by atoms with E-state index in [1.165, 1.54) is 44.5 Å². The van der Waals surface area contributed by atoms with Gasteiger partial charge in [-0.25, -0.2) is 0 Å². The van der Waals surface area contributed by atoms with Crippen LogP contribution in [0.5, 0.6) is 0 Å². The molecule has 0 amide bonds. The van der Waals surface area contributed by atoms with Crippen LogP contribution >= 0.6 is 0 Å². The van der Waals surface area contributed by atoms with Crippen molar-refractivity contribution < 1.29 is 0 Å². The highest BCUT2D eigenvalue weighted by atomic mass is 15.2. The van der Waals surface area contributed by atoms with Crippen LogP contribution in [0.2, 0.25) is 0 Å². The Bertz CT molecular complexity index is 1070. The molecule has 0 aliphatic rings. The van der Waals surface area contributed by atoms with Gasteiger partial charge >= 0.3 is 0 Å². The minimum Gasteiger partial charge on any atom is -0.160 e. The second kappa shape index (κ2) is 10.2. The third kappa shape index (κ3) is 5.29. The Hall–Kier alpha value is -2.88. The predicted octanol–water partition coefficient (Wildman–Crippen LogP) is 7.61. The van der Waals surface area contributed by atoms with Gasteiger partial charge in [-0.05, 0) is 140 Å². The van der Waals surface area contributed by atoms with Gasteiger partial charge in [-0.1, -0.05) is 0 Å². The first-order chi connectivity index (χ1) is 14.9. The molecule has 2 aromatic carbocycles. The van der Waals surface area contributed by atoms with E-state index in [1.807, 2.05) is 41.5 Å². The van der Waals surface area contributed by atoms with Gasteiger partial charge in [0.05, 0.1) is 11.4 Å². The molecule has 0 aliphatic heterocycles. The lowest BCUT2D eigenvalue weighted by molar-refractivity contribution is 1.19. The number of aryl methyl sites for hydroxylation is 2. The standard InChI is InChI=1S/C28H38N4/c1-15(2)29-31-23(11)25-13-17(5)19(7)27(21(25)9)28-20(8)18(6)14-26(22(28)10)24(12)32-30-16(3)4/h13-14H,1-12H3/b31-23+,32-24+. The smallest absolute Gasteiger partial charge is 0.0674 e. The molecule has 0 aromatic heterocycles. The van der Waals surface area contributed by atoms with Crippen molar-refractivity contribution in [1.29, 1.82) is 0 Å². The summed E-state index contributed by atoms with van der Waals surface area (Å²) in [6.07, 6.45) is 0. The van der Waals surface area contributed by atoms with E-state index in [9.17, 15) is 0 Å². The van der Waals surface area contributed by atoms with E-state index in [-0.39, 0.29) is 0 Å². The second-order valence-corrected chi connectivity index (χ2v) is 9.20. The lowest BCUT2D eigenvalue weighted by Crippen LogP contribution is -2.08. The summed E-state index contributed by atoms with van der Waals surface area (Å²) in [5.74, 6) is 0. The zero-order valence-electron chi connectivity index (χ0n) is 21.9. The molecular formula is C28H38N4. The Morgan fingerprint density at radius 3 is 1.06 bits per heavy atom. The van der Waals surface area contributed by atoms with E-state index in [0.29, 0.717) is 0 Å². The molecule has 0 aliphatic carbocycles. The van der Waals surface area contributed by atoms with Gasteiger partial charge in [-0.2, -0.15) is 20.4 Å². The van der Waals surface area contributed by atoms with Crippen molar-refractivity contribution in [3.05, 3.63) is 56.6 Å². The summed E-state index contributed by atoms with van der Waals surface area (Å²) in [7, 11) is 0. The summed E-state index contributed by atoms with van der Waals surface area (Å²) in [5.41, 5.74) is 16.2. The van der Waals surface area contributed by atoms with Gasteiger partial charge in [-0.15, -0.1) is 0 Å². The van der Waals surface area contributed by atoms with Gasteiger partial charge in [0.2, 0.25) is 0 Å². The molecule has 0 heterocycles. The molecule has 4 nitrogen and oxygen atoms in total. The maximum Gasteiger partial charge on any atom is 0.0674 e. The van der Waals surface area contributed by atoms with Crippen LogP contribution in [0, 0.1) is 41.5 Å². The third-order valence-electron chi connectivity index (χ3n) is 6.04. The van der Waals surface area contributed by atoms with Crippen molar-refractivity contribution in [3.8, 4) is 11.1 Å². The van der Waals surface area contributed by atoms with Crippen LogP contribution in [0.25, 0.3) is 11.1 Å². The summed E-state index contributed by atoms with van der Waals surface area (Å²) < 4.78 is 0. The SMILES string of the molecule is CC(C)=N/N=C(\C)c1cc(C)c(C)c(-c2c(C)c(C)cc(/C(C)=N/N=C(C)C)c2C)c1C. The van der Waals surface area contributed by atoms with E-state index in [0.717, 1.165) is 34.0 Å². The van der Waals surface area contributed by atoms with Crippen LogP contribution < -0.4 is 0 Å². The molecular weight excluding hydrogens is 392 g/mol. The van der Waals surface area contributed by atoms with Crippen molar-refractivity contribution in [2.75, 3.05) is 0 Å². The van der Waals surface area contributed by atoms with Crippen molar-refractivity contribution >= 4 is 22.8 Å². The molecule has 0 atom stereocenters. The molecule has 2 aromatic rings. The molecule has 32 heavy (non-hydrogen) atoms. The molecule has 4 heteroatoms. The molecule has 2 rings (SSSR count). The minimum absolute atomic E-state index is 0.932. The highest BCUT2D eigenvalue weighted by molar-refractivity contribution is 6.05. The van der Waals surface area contributed by atoms with E-state index in [1.54, 1.807) is 0 Å². The summed E-state index contributed by atoms with van der Waals surface area (Å²) in [5, 5.41) is 17.5. The van der Waals surface area contributed by atoms with E-state index in [2.05, 4.69) is 74.1 Å². The maximum atomic E-state index is 4.48. The molecule has 0 saturated carbocycles. The Morgan fingerprint density at radius 1 is 0.469 bits per heavy atom. The number of hydrogen-bond acceptors (Lipinski definition) is 4. The van der Waals surface area contributed by atoms with Crippen LogP contribution in [0.3, 0.4) is 0 Å². The van der Waals surface area contributed by atoms with Gasteiger partial charge in [0.15, 0.2) is 0 Å². The minimum atomic E-state index is 0.932. The largest absolute Gasteiger partial charge is 0.160 e.